The standard InChI is InChI=1S/C23H27BrN2O2S/c24-19-13-7-8-14-20(19)26-23(28)18-12-6-9-15-21(18)29-16-22(27)25-17-10-4-2-1-3-5-11-17/h6-9,12-15,17H,1-5,10-11,16H2,(H,25,27)(H,26,28). The van der Waals surface area contributed by atoms with Crippen LogP contribution in [0.2, 0.25) is 0 Å². The predicted molar refractivity (Wildman–Crippen MR) is 124 cm³/mol. The lowest BCUT2D eigenvalue weighted by Crippen LogP contribution is -2.36. The van der Waals surface area contributed by atoms with Crippen LogP contribution in [0.25, 0.3) is 0 Å². The summed E-state index contributed by atoms with van der Waals surface area (Å²) >= 11 is 4.86. The molecule has 154 valence electrons. The van der Waals surface area contributed by atoms with E-state index in [-0.39, 0.29) is 17.9 Å². The summed E-state index contributed by atoms with van der Waals surface area (Å²) in [5.74, 6) is 0.178. The topological polar surface area (TPSA) is 58.2 Å². The number of anilines is 1. The predicted octanol–water partition coefficient (Wildman–Crippen LogP) is 6.02. The molecule has 2 aromatic carbocycles. The van der Waals surface area contributed by atoms with Crippen LogP contribution in [0, 0.1) is 0 Å². The van der Waals surface area contributed by atoms with E-state index in [0.717, 1.165) is 27.9 Å². The number of amides is 2. The minimum Gasteiger partial charge on any atom is -0.353 e. The summed E-state index contributed by atoms with van der Waals surface area (Å²) in [4.78, 5) is 26.0. The molecule has 0 bridgehead atoms. The quantitative estimate of drug-likeness (QED) is 0.502. The van der Waals surface area contributed by atoms with Crippen LogP contribution in [-0.4, -0.2) is 23.6 Å². The van der Waals surface area contributed by atoms with Crippen molar-refractivity contribution >= 4 is 45.2 Å². The van der Waals surface area contributed by atoms with Crippen molar-refractivity contribution < 1.29 is 9.59 Å². The van der Waals surface area contributed by atoms with Gasteiger partial charge < -0.3 is 10.6 Å². The molecule has 0 atom stereocenters. The maximum absolute atomic E-state index is 12.8. The van der Waals surface area contributed by atoms with Crippen molar-refractivity contribution in [3.05, 3.63) is 58.6 Å². The molecule has 1 aliphatic carbocycles. The summed E-state index contributed by atoms with van der Waals surface area (Å²) in [5, 5.41) is 6.12. The second kappa shape index (κ2) is 11.4. The lowest BCUT2D eigenvalue weighted by atomic mass is 9.97. The molecule has 0 unspecified atom stereocenters. The van der Waals surface area contributed by atoms with Crippen LogP contribution in [0.1, 0.15) is 55.3 Å². The first-order chi connectivity index (χ1) is 14.1. The number of hydrogen-bond donors (Lipinski definition) is 2. The molecular formula is C23H27BrN2O2S. The lowest BCUT2D eigenvalue weighted by Gasteiger charge is -2.21. The van der Waals surface area contributed by atoms with E-state index in [1.165, 1.54) is 43.9 Å². The lowest BCUT2D eigenvalue weighted by molar-refractivity contribution is -0.119. The molecule has 1 saturated carbocycles. The molecule has 0 aromatic heterocycles. The molecule has 2 amide bonds. The summed E-state index contributed by atoms with van der Waals surface area (Å²) in [6.45, 7) is 0. The third-order valence-corrected chi connectivity index (χ3v) is 6.85. The average molecular weight is 475 g/mol. The minimum absolute atomic E-state index is 0.0431. The summed E-state index contributed by atoms with van der Waals surface area (Å²) < 4.78 is 0.831. The van der Waals surface area contributed by atoms with Crippen molar-refractivity contribution in [2.75, 3.05) is 11.1 Å². The van der Waals surface area contributed by atoms with Crippen LogP contribution < -0.4 is 10.6 Å². The fourth-order valence-electron chi connectivity index (χ4n) is 3.55. The van der Waals surface area contributed by atoms with Crippen LogP contribution in [0.5, 0.6) is 0 Å². The number of halogens is 1. The minimum atomic E-state index is -0.180. The highest BCUT2D eigenvalue weighted by Gasteiger charge is 2.16. The zero-order valence-corrected chi connectivity index (χ0v) is 18.9. The van der Waals surface area contributed by atoms with E-state index >= 15 is 0 Å². The van der Waals surface area contributed by atoms with Gasteiger partial charge in [0.1, 0.15) is 0 Å². The van der Waals surface area contributed by atoms with Crippen molar-refractivity contribution in [2.45, 2.75) is 55.9 Å². The summed E-state index contributed by atoms with van der Waals surface area (Å²) in [6, 6.07) is 15.2. The normalized spacial score (nSPS) is 15.2. The van der Waals surface area contributed by atoms with Gasteiger partial charge in [-0.2, -0.15) is 0 Å². The van der Waals surface area contributed by atoms with E-state index in [4.69, 9.17) is 0 Å². The first kappa shape index (κ1) is 21.9. The van der Waals surface area contributed by atoms with Gasteiger partial charge >= 0.3 is 0 Å². The summed E-state index contributed by atoms with van der Waals surface area (Å²) in [5.41, 5.74) is 1.30. The molecule has 29 heavy (non-hydrogen) atoms. The molecule has 4 nitrogen and oxygen atoms in total. The molecule has 0 aliphatic heterocycles. The molecule has 0 spiro atoms. The Kier molecular flexibility index (Phi) is 8.62. The van der Waals surface area contributed by atoms with E-state index in [0.29, 0.717) is 11.3 Å². The third-order valence-electron chi connectivity index (χ3n) is 5.08. The maximum atomic E-state index is 12.8. The van der Waals surface area contributed by atoms with E-state index in [1.54, 1.807) is 6.07 Å². The Bertz CT molecular complexity index is 835. The molecule has 0 saturated heterocycles. The second-order valence-electron chi connectivity index (χ2n) is 7.33. The second-order valence-corrected chi connectivity index (χ2v) is 9.20. The first-order valence-corrected chi connectivity index (χ1v) is 12.0. The molecule has 2 N–H and O–H groups in total. The summed E-state index contributed by atoms with van der Waals surface area (Å²) in [7, 11) is 0. The fourth-order valence-corrected chi connectivity index (χ4v) is 4.79. The molecule has 0 heterocycles. The van der Waals surface area contributed by atoms with Gasteiger partial charge in [0.2, 0.25) is 5.91 Å². The molecule has 1 fully saturated rings. The maximum Gasteiger partial charge on any atom is 0.256 e. The largest absolute Gasteiger partial charge is 0.353 e. The van der Waals surface area contributed by atoms with Crippen molar-refractivity contribution in [3.63, 3.8) is 0 Å². The number of hydrogen-bond acceptors (Lipinski definition) is 3. The van der Waals surface area contributed by atoms with Gasteiger partial charge in [-0.15, -0.1) is 11.8 Å². The number of carbonyl (C=O) groups is 2. The van der Waals surface area contributed by atoms with E-state index in [1.807, 2.05) is 42.5 Å². The molecule has 2 aromatic rings. The molecule has 3 rings (SSSR count). The Balaban J connectivity index is 1.58. The SMILES string of the molecule is O=C(CSc1ccccc1C(=O)Nc1ccccc1Br)NC1CCCCCCC1. The van der Waals surface area contributed by atoms with Gasteiger partial charge in [-0.05, 0) is 53.0 Å². The Hall–Kier alpha value is -1.79. The highest BCUT2D eigenvalue weighted by atomic mass is 79.9. The molecule has 1 aliphatic rings. The van der Waals surface area contributed by atoms with E-state index < -0.39 is 0 Å². The highest BCUT2D eigenvalue weighted by Crippen LogP contribution is 2.26. The van der Waals surface area contributed by atoms with Gasteiger partial charge in [0.15, 0.2) is 0 Å². The number of carbonyl (C=O) groups excluding carboxylic acids is 2. The smallest absolute Gasteiger partial charge is 0.256 e. The number of para-hydroxylation sites is 1. The molecular weight excluding hydrogens is 448 g/mol. The van der Waals surface area contributed by atoms with Crippen LogP contribution in [0.15, 0.2) is 57.9 Å². The van der Waals surface area contributed by atoms with Crippen LogP contribution in [0.3, 0.4) is 0 Å². The molecule has 6 heteroatoms. The van der Waals surface area contributed by atoms with Gasteiger partial charge in [0.25, 0.3) is 5.91 Å². The van der Waals surface area contributed by atoms with E-state index in [2.05, 4.69) is 26.6 Å². The van der Waals surface area contributed by atoms with Crippen LogP contribution >= 0.6 is 27.7 Å². The number of rotatable bonds is 6. The van der Waals surface area contributed by atoms with Crippen LogP contribution in [0.4, 0.5) is 5.69 Å². The van der Waals surface area contributed by atoms with Gasteiger partial charge in [0, 0.05) is 15.4 Å². The van der Waals surface area contributed by atoms with Crippen molar-refractivity contribution in [2.24, 2.45) is 0 Å². The fraction of sp³-hybridized carbons (Fsp3) is 0.391. The monoisotopic (exact) mass is 474 g/mol. The van der Waals surface area contributed by atoms with Crippen LogP contribution in [-0.2, 0) is 4.79 Å². The zero-order valence-electron chi connectivity index (χ0n) is 16.5. The summed E-state index contributed by atoms with van der Waals surface area (Å²) in [6.07, 6.45) is 8.37. The van der Waals surface area contributed by atoms with Crippen molar-refractivity contribution in [1.29, 1.82) is 0 Å². The van der Waals surface area contributed by atoms with E-state index in [9.17, 15) is 9.59 Å². The zero-order chi connectivity index (χ0) is 20.5. The third kappa shape index (κ3) is 6.89. The number of benzene rings is 2. The Morgan fingerprint density at radius 1 is 0.931 bits per heavy atom. The van der Waals surface area contributed by atoms with Gasteiger partial charge in [-0.3, -0.25) is 9.59 Å². The highest BCUT2D eigenvalue weighted by molar-refractivity contribution is 9.10. The Labute approximate surface area is 185 Å². The first-order valence-electron chi connectivity index (χ1n) is 10.2. The number of thioether (sulfide) groups is 1. The number of nitrogens with one attached hydrogen (secondary N) is 2. The Morgan fingerprint density at radius 3 is 2.34 bits per heavy atom. The van der Waals surface area contributed by atoms with Crippen molar-refractivity contribution in [3.8, 4) is 0 Å². The molecule has 0 radical (unpaired) electrons. The average Bonchev–Trinajstić information content (AvgIpc) is 2.70. The van der Waals surface area contributed by atoms with Gasteiger partial charge in [0.05, 0.1) is 17.0 Å². The Morgan fingerprint density at radius 2 is 1.59 bits per heavy atom. The van der Waals surface area contributed by atoms with Gasteiger partial charge in [-0.1, -0.05) is 56.4 Å². The van der Waals surface area contributed by atoms with Gasteiger partial charge in [-0.25, -0.2) is 0 Å². The van der Waals surface area contributed by atoms with Crippen molar-refractivity contribution in [1.82, 2.24) is 5.32 Å².